The van der Waals surface area contributed by atoms with Crippen molar-refractivity contribution in [2.75, 3.05) is 11.1 Å². The van der Waals surface area contributed by atoms with E-state index in [2.05, 4.69) is 10.3 Å². The summed E-state index contributed by atoms with van der Waals surface area (Å²) >= 11 is 1.24. The molecule has 0 saturated heterocycles. The molecule has 1 aromatic heterocycles. The topological polar surface area (TPSA) is 79.3 Å². The van der Waals surface area contributed by atoms with Gasteiger partial charge in [-0.05, 0) is 36.4 Å². The van der Waals surface area contributed by atoms with E-state index >= 15 is 0 Å². The van der Waals surface area contributed by atoms with Crippen LogP contribution in [0.5, 0.6) is 0 Å². The summed E-state index contributed by atoms with van der Waals surface area (Å²) in [6.07, 6.45) is 1.87. The molecular weight excluding hydrogens is 288 g/mol. The molecule has 0 atom stereocenters. The Bertz CT molecular complexity index is 615. The highest BCUT2D eigenvalue weighted by atomic mass is 32.2. The number of carbonyl (C=O) groups excluding carboxylic acids is 1. The van der Waals surface area contributed by atoms with Crippen LogP contribution in [0.2, 0.25) is 0 Å². The summed E-state index contributed by atoms with van der Waals surface area (Å²) in [6.45, 7) is 0. The Morgan fingerprint density at radius 2 is 1.90 bits per heavy atom. The van der Waals surface area contributed by atoms with Crippen LogP contribution < -0.4 is 5.32 Å². The standard InChI is InChI=1S/C15H14N2O3S/c18-14(9-12-3-1-2-8-16-12)17-11-4-6-13(7-5-11)21-10-15(19)20/h1-8H,9-10H2,(H,17,18)(H,19,20). The van der Waals surface area contributed by atoms with Gasteiger partial charge in [-0.25, -0.2) is 0 Å². The van der Waals surface area contributed by atoms with Gasteiger partial charge in [0.05, 0.1) is 12.2 Å². The van der Waals surface area contributed by atoms with Gasteiger partial charge in [0.2, 0.25) is 5.91 Å². The number of nitrogens with zero attached hydrogens (tertiary/aromatic N) is 1. The van der Waals surface area contributed by atoms with Crippen molar-refractivity contribution in [3.8, 4) is 0 Å². The summed E-state index contributed by atoms with van der Waals surface area (Å²) in [5.41, 5.74) is 1.39. The Labute approximate surface area is 126 Å². The zero-order valence-electron chi connectivity index (χ0n) is 11.2. The fourth-order valence-electron chi connectivity index (χ4n) is 1.65. The minimum atomic E-state index is -0.854. The summed E-state index contributed by atoms with van der Waals surface area (Å²) in [5, 5.41) is 11.4. The molecule has 2 aromatic rings. The van der Waals surface area contributed by atoms with Crippen LogP contribution in [-0.2, 0) is 16.0 Å². The minimum Gasteiger partial charge on any atom is -0.481 e. The second kappa shape index (κ2) is 7.44. The number of carboxylic acids is 1. The monoisotopic (exact) mass is 302 g/mol. The number of hydrogen-bond acceptors (Lipinski definition) is 4. The van der Waals surface area contributed by atoms with E-state index in [9.17, 15) is 9.59 Å². The van der Waals surface area contributed by atoms with Gasteiger partial charge in [-0.1, -0.05) is 6.07 Å². The Morgan fingerprint density at radius 1 is 1.14 bits per heavy atom. The number of hydrogen-bond donors (Lipinski definition) is 2. The summed E-state index contributed by atoms with van der Waals surface area (Å²) in [5.74, 6) is -0.974. The van der Waals surface area contributed by atoms with Gasteiger partial charge in [0.25, 0.3) is 0 Å². The second-order valence-corrected chi connectivity index (χ2v) is 5.30. The quantitative estimate of drug-likeness (QED) is 0.801. The first-order chi connectivity index (χ1) is 10.1. The average Bonchev–Trinajstić information content (AvgIpc) is 2.47. The smallest absolute Gasteiger partial charge is 0.313 e. The SMILES string of the molecule is O=C(O)CSc1ccc(NC(=O)Cc2ccccn2)cc1. The highest BCUT2D eigenvalue weighted by Crippen LogP contribution is 2.20. The van der Waals surface area contributed by atoms with E-state index in [1.54, 1.807) is 42.6 Å². The van der Waals surface area contributed by atoms with Crippen molar-refractivity contribution >= 4 is 29.3 Å². The van der Waals surface area contributed by atoms with Crippen molar-refractivity contribution in [2.45, 2.75) is 11.3 Å². The van der Waals surface area contributed by atoms with Crippen LogP contribution in [0.15, 0.2) is 53.6 Å². The summed E-state index contributed by atoms with van der Waals surface area (Å²) in [4.78, 5) is 27.3. The summed E-state index contributed by atoms with van der Waals surface area (Å²) < 4.78 is 0. The van der Waals surface area contributed by atoms with E-state index in [0.29, 0.717) is 11.4 Å². The van der Waals surface area contributed by atoms with E-state index in [-0.39, 0.29) is 18.1 Å². The van der Waals surface area contributed by atoms with Crippen molar-refractivity contribution in [1.82, 2.24) is 4.98 Å². The molecule has 1 heterocycles. The molecule has 0 saturated carbocycles. The number of nitrogens with one attached hydrogen (secondary N) is 1. The number of aromatic nitrogens is 1. The zero-order chi connectivity index (χ0) is 15.1. The first-order valence-corrected chi connectivity index (χ1v) is 7.26. The number of amides is 1. The van der Waals surface area contributed by atoms with Crippen LogP contribution in [-0.4, -0.2) is 27.7 Å². The predicted molar refractivity (Wildman–Crippen MR) is 81.4 cm³/mol. The first-order valence-electron chi connectivity index (χ1n) is 6.28. The number of carboxylic acid groups (broad SMARTS) is 1. The fraction of sp³-hybridized carbons (Fsp3) is 0.133. The molecule has 0 aliphatic heterocycles. The fourth-order valence-corrected chi connectivity index (χ4v) is 2.27. The van der Waals surface area contributed by atoms with E-state index in [4.69, 9.17) is 5.11 Å². The normalized spacial score (nSPS) is 10.1. The molecule has 1 aromatic carbocycles. The lowest BCUT2D eigenvalue weighted by Crippen LogP contribution is -2.14. The average molecular weight is 302 g/mol. The number of aliphatic carboxylic acids is 1. The molecule has 2 N–H and O–H groups in total. The van der Waals surface area contributed by atoms with Crippen LogP contribution in [0.3, 0.4) is 0 Å². The molecule has 1 amide bonds. The zero-order valence-corrected chi connectivity index (χ0v) is 12.0. The Hall–Kier alpha value is -2.34. The molecular formula is C15H14N2O3S. The third kappa shape index (κ3) is 5.27. The first kappa shape index (κ1) is 15.1. The summed E-state index contributed by atoms with van der Waals surface area (Å²) in [6, 6.07) is 12.5. The van der Waals surface area contributed by atoms with Crippen LogP contribution in [0.1, 0.15) is 5.69 Å². The molecule has 0 fully saturated rings. The molecule has 0 aliphatic rings. The lowest BCUT2D eigenvalue weighted by Gasteiger charge is -2.06. The van der Waals surface area contributed by atoms with Crippen molar-refractivity contribution in [1.29, 1.82) is 0 Å². The molecule has 0 radical (unpaired) electrons. The van der Waals surface area contributed by atoms with Crippen molar-refractivity contribution < 1.29 is 14.7 Å². The molecule has 5 nitrogen and oxygen atoms in total. The molecule has 0 bridgehead atoms. The van der Waals surface area contributed by atoms with Gasteiger partial charge in [-0.15, -0.1) is 11.8 Å². The number of benzene rings is 1. The number of pyridine rings is 1. The molecule has 0 aliphatic carbocycles. The molecule has 0 spiro atoms. The second-order valence-electron chi connectivity index (χ2n) is 4.25. The van der Waals surface area contributed by atoms with E-state index < -0.39 is 5.97 Å². The maximum atomic E-state index is 11.8. The minimum absolute atomic E-state index is 0.0192. The van der Waals surface area contributed by atoms with Crippen molar-refractivity contribution in [2.24, 2.45) is 0 Å². The van der Waals surface area contributed by atoms with E-state index in [1.165, 1.54) is 11.8 Å². The van der Waals surface area contributed by atoms with Crippen LogP contribution in [0.4, 0.5) is 5.69 Å². The largest absolute Gasteiger partial charge is 0.481 e. The van der Waals surface area contributed by atoms with E-state index in [1.807, 2.05) is 6.07 Å². The van der Waals surface area contributed by atoms with Crippen LogP contribution >= 0.6 is 11.8 Å². The number of anilines is 1. The number of carbonyl (C=O) groups is 2. The van der Waals surface area contributed by atoms with Gasteiger partial charge in [-0.3, -0.25) is 14.6 Å². The number of rotatable bonds is 6. The van der Waals surface area contributed by atoms with Gasteiger partial charge in [0.1, 0.15) is 0 Å². The van der Waals surface area contributed by atoms with E-state index in [0.717, 1.165) is 4.90 Å². The molecule has 6 heteroatoms. The maximum absolute atomic E-state index is 11.8. The van der Waals surface area contributed by atoms with Crippen LogP contribution in [0, 0.1) is 0 Å². The Morgan fingerprint density at radius 3 is 2.52 bits per heavy atom. The highest BCUT2D eigenvalue weighted by Gasteiger charge is 2.05. The Kier molecular flexibility index (Phi) is 5.34. The Balaban J connectivity index is 1.88. The van der Waals surface area contributed by atoms with Gasteiger partial charge in [0.15, 0.2) is 0 Å². The molecule has 0 unspecified atom stereocenters. The lowest BCUT2D eigenvalue weighted by atomic mass is 10.2. The van der Waals surface area contributed by atoms with Gasteiger partial charge < -0.3 is 10.4 Å². The molecule has 21 heavy (non-hydrogen) atoms. The van der Waals surface area contributed by atoms with Gasteiger partial charge in [0, 0.05) is 22.5 Å². The predicted octanol–water partition coefficient (Wildman–Crippen LogP) is 2.44. The summed E-state index contributed by atoms with van der Waals surface area (Å²) in [7, 11) is 0. The van der Waals surface area contributed by atoms with Crippen molar-refractivity contribution in [3.63, 3.8) is 0 Å². The highest BCUT2D eigenvalue weighted by molar-refractivity contribution is 8.00. The van der Waals surface area contributed by atoms with Gasteiger partial charge >= 0.3 is 5.97 Å². The van der Waals surface area contributed by atoms with Crippen molar-refractivity contribution in [3.05, 3.63) is 54.4 Å². The third-order valence-electron chi connectivity index (χ3n) is 2.57. The molecule has 2 rings (SSSR count). The number of thioether (sulfide) groups is 1. The van der Waals surface area contributed by atoms with Gasteiger partial charge in [-0.2, -0.15) is 0 Å². The molecule has 108 valence electrons. The maximum Gasteiger partial charge on any atom is 0.313 e. The third-order valence-corrected chi connectivity index (χ3v) is 3.56. The lowest BCUT2D eigenvalue weighted by molar-refractivity contribution is -0.133. The van der Waals surface area contributed by atoms with Crippen LogP contribution in [0.25, 0.3) is 0 Å².